The normalized spacial score (nSPS) is 11.0. The van der Waals surface area contributed by atoms with E-state index in [1.165, 1.54) is 23.0 Å². The van der Waals surface area contributed by atoms with Gasteiger partial charge in [-0.2, -0.15) is 5.10 Å². The molecule has 1 aromatic heterocycles. The van der Waals surface area contributed by atoms with E-state index in [1.54, 1.807) is 12.1 Å². The zero-order chi connectivity index (χ0) is 13.0. The standard InChI is InChI=1S/C11H13FN6/c1-2-10-15-17-11(18(10)13)16-14-7-8-4-3-5-9(12)6-8/h3-7H,2,13H2,1H3,(H,16,17)/b14-7-. The Morgan fingerprint density at radius 3 is 3.00 bits per heavy atom. The lowest BCUT2D eigenvalue weighted by Gasteiger charge is -2.00. The van der Waals surface area contributed by atoms with Crippen molar-refractivity contribution in [1.29, 1.82) is 0 Å². The molecule has 6 nitrogen and oxygen atoms in total. The molecule has 18 heavy (non-hydrogen) atoms. The van der Waals surface area contributed by atoms with Gasteiger partial charge in [-0.15, -0.1) is 10.2 Å². The third-order valence-electron chi connectivity index (χ3n) is 2.31. The molecule has 0 radical (unpaired) electrons. The lowest BCUT2D eigenvalue weighted by molar-refractivity contribution is 0.627. The van der Waals surface area contributed by atoms with Crippen LogP contribution in [-0.2, 0) is 6.42 Å². The van der Waals surface area contributed by atoms with Crippen LogP contribution in [0.3, 0.4) is 0 Å². The molecule has 0 aliphatic rings. The van der Waals surface area contributed by atoms with Crippen LogP contribution in [0.4, 0.5) is 10.3 Å². The minimum atomic E-state index is -0.311. The van der Waals surface area contributed by atoms with Gasteiger partial charge in [0.2, 0.25) is 0 Å². The summed E-state index contributed by atoms with van der Waals surface area (Å²) >= 11 is 0. The number of aryl methyl sites for hydroxylation is 1. The SMILES string of the molecule is CCc1nnc(N/N=C\c2cccc(F)c2)n1N. The van der Waals surface area contributed by atoms with Crippen molar-refractivity contribution in [2.24, 2.45) is 5.10 Å². The second kappa shape index (κ2) is 5.26. The third-order valence-corrected chi connectivity index (χ3v) is 2.31. The summed E-state index contributed by atoms with van der Waals surface area (Å²) in [6.07, 6.45) is 2.15. The Bertz CT molecular complexity index is 562. The van der Waals surface area contributed by atoms with Crippen molar-refractivity contribution in [2.75, 3.05) is 11.3 Å². The van der Waals surface area contributed by atoms with Gasteiger partial charge in [-0.1, -0.05) is 19.1 Å². The summed E-state index contributed by atoms with van der Waals surface area (Å²) in [4.78, 5) is 0. The lowest BCUT2D eigenvalue weighted by atomic mass is 10.2. The topological polar surface area (TPSA) is 81.1 Å². The van der Waals surface area contributed by atoms with Crippen molar-refractivity contribution in [2.45, 2.75) is 13.3 Å². The highest BCUT2D eigenvalue weighted by Crippen LogP contribution is 2.04. The molecule has 0 amide bonds. The average Bonchev–Trinajstić information content (AvgIpc) is 2.71. The third kappa shape index (κ3) is 2.62. The molecule has 0 saturated heterocycles. The van der Waals surface area contributed by atoms with Gasteiger partial charge in [0, 0.05) is 6.42 Å². The zero-order valence-corrected chi connectivity index (χ0v) is 9.84. The van der Waals surface area contributed by atoms with Gasteiger partial charge in [-0.05, 0) is 17.7 Å². The number of hydrogen-bond donors (Lipinski definition) is 2. The fourth-order valence-corrected chi connectivity index (χ4v) is 1.39. The molecule has 0 aliphatic heterocycles. The van der Waals surface area contributed by atoms with Crippen LogP contribution in [0.1, 0.15) is 18.3 Å². The summed E-state index contributed by atoms with van der Waals surface area (Å²) in [6, 6.07) is 6.08. The zero-order valence-electron chi connectivity index (χ0n) is 9.84. The molecule has 0 saturated carbocycles. The molecule has 2 rings (SSSR count). The molecule has 0 bridgehead atoms. The smallest absolute Gasteiger partial charge is 0.263 e. The van der Waals surface area contributed by atoms with Gasteiger partial charge >= 0.3 is 0 Å². The van der Waals surface area contributed by atoms with Crippen molar-refractivity contribution in [3.63, 3.8) is 0 Å². The Balaban J connectivity index is 2.05. The van der Waals surface area contributed by atoms with E-state index in [0.717, 1.165) is 0 Å². The number of nitrogens with one attached hydrogen (secondary N) is 1. The van der Waals surface area contributed by atoms with Gasteiger partial charge in [0.15, 0.2) is 5.82 Å². The number of nitrogens with two attached hydrogens (primary N) is 1. The number of rotatable bonds is 4. The molecule has 1 aromatic carbocycles. The highest BCUT2D eigenvalue weighted by Gasteiger charge is 2.05. The Morgan fingerprint density at radius 2 is 2.33 bits per heavy atom. The highest BCUT2D eigenvalue weighted by atomic mass is 19.1. The van der Waals surface area contributed by atoms with E-state index in [9.17, 15) is 4.39 Å². The molecule has 94 valence electrons. The van der Waals surface area contributed by atoms with Gasteiger partial charge in [-0.25, -0.2) is 14.5 Å². The molecule has 1 heterocycles. The van der Waals surface area contributed by atoms with Gasteiger partial charge in [0.05, 0.1) is 6.21 Å². The molecular weight excluding hydrogens is 235 g/mol. The first-order chi connectivity index (χ1) is 8.70. The van der Waals surface area contributed by atoms with Crippen LogP contribution >= 0.6 is 0 Å². The largest absolute Gasteiger partial charge is 0.335 e. The van der Waals surface area contributed by atoms with E-state index in [4.69, 9.17) is 5.84 Å². The molecule has 0 fully saturated rings. The van der Waals surface area contributed by atoms with Crippen LogP contribution in [0, 0.1) is 5.82 Å². The number of halogens is 1. The number of aromatic nitrogens is 3. The minimum absolute atomic E-state index is 0.311. The molecule has 2 aromatic rings. The minimum Gasteiger partial charge on any atom is -0.335 e. The Labute approximate surface area is 103 Å². The second-order valence-electron chi connectivity index (χ2n) is 3.59. The first-order valence-electron chi connectivity index (χ1n) is 5.44. The summed E-state index contributed by atoms with van der Waals surface area (Å²) in [5.41, 5.74) is 3.29. The molecule has 0 aliphatic carbocycles. The van der Waals surface area contributed by atoms with Crippen LogP contribution in [0.25, 0.3) is 0 Å². The van der Waals surface area contributed by atoms with Crippen LogP contribution < -0.4 is 11.3 Å². The summed E-state index contributed by atoms with van der Waals surface area (Å²) in [7, 11) is 0. The molecular formula is C11H13FN6. The average molecular weight is 248 g/mol. The highest BCUT2D eigenvalue weighted by molar-refractivity contribution is 5.79. The second-order valence-corrected chi connectivity index (χ2v) is 3.59. The first kappa shape index (κ1) is 12.0. The van der Waals surface area contributed by atoms with E-state index in [-0.39, 0.29) is 5.82 Å². The summed E-state index contributed by atoms with van der Waals surface area (Å²) in [5.74, 6) is 6.39. The van der Waals surface area contributed by atoms with Gasteiger partial charge < -0.3 is 5.84 Å². The maximum absolute atomic E-state index is 12.9. The van der Waals surface area contributed by atoms with E-state index >= 15 is 0 Å². The van der Waals surface area contributed by atoms with Crippen molar-refractivity contribution >= 4 is 12.2 Å². The van der Waals surface area contributed by atoms with Crippen LogP contribution in [-0.4, -0.2) is 21.1 Å². The quantitative estimate of drug-likeness (QED) is 0.483. The van der Waals surface area contributed by atoms with E-state index in [1.807, 2.05) is 6.92 Å². The molecule has 3 N–H and O–H groups in total. The predicted octanol–water partition coefficient (Wildman–Crippen LogP) is 1.14. The van der Waals surface area contributed by atoms with Crippen molar-refractivity contribution in [1.82, 2.24) is 14.9 Å². The Kier molecular flexibility index (Phi) is 3.52. The van der Waals surface area contributed by atoms with Gasteiger partial charge in [0.25, 0.3) is 5.95 Å². The number of nitrogen functional groups attached to an aromatic ring is 1. The number of hydrogen-bond acceptors (Lipinski definition) is 5. The van der Waals surface area contributed by atoms with E-state index in [0.29, 0.717) is 23.8 Å². The number of benzene rings is 1. The number of hydrazone groups is 1. The molecule has 7 heteroatoms. The van der Waals surface area contributed by atoms with Crippen molar-refractivity contribution in [3.05, 3.63) is 41.5 Å². The number of nitrogens with zero attached hydrogens (tertiary/aromatic N) is 4. The Hall–Kier alpha value is -2.44. The fourth-order valence-electron chi connectivity index (χ4n) is 1.39. The van der Waals surface area contributed by atoms with Gasteiger partial charge in [0.1, 0.15) is 5.82 Å². The van der Waals surface area contributed by atoms with Crippen molar-refractivity contribution < 1.29 is 4.39 Å². The lowest BCUT2D eigenvalue weighted by Crippen LogP contribution is -2.14. The van der Waals surface area contributed by atoms with E-state index < -0.39 is 0 Å². The molecule has 0 unspecified atom stereocenters. The maximum atomic E-state index is 12.9. The maximum Gasteiger partial charge on any atom is 0.263 e. The van der Waals surface area contributed by atoms with E-state index in [2.05, 4.69) is 20.7 Å². The summed E-state index contributed by atoms with van der Waals surface area (Å²) < 4.78 is 14.2. The summed E-state index contributed by atoms with van der Waals surface area (Å²) in [5, 5.41) is 11.6. The van der Waals surface area contributed by atoms with Crippen LogP contribution in [0.2, 0.25) is 0 Å². The Morgan fingerprint density at radius 1 is 1.50 bits per heavy atom. The fraction of sp³-hybridized carbons (Fsp3) is 0.182. The molecule has 0 spiro atoms. The first-order valence-corrected chi connectivity index (χ1v) is 5.44. The van der Waals surface area contributed by atoms with Crippen LogP contribution in [0.15, 0.2) is 29.4 Å². The summed E-state index contributed by atoms with van der Waals surface area (Å²) in [6.45, 7) is 1.92. The van der Waals surface area contributed by atoms with Crippen molar-refractivity contribution in [3.8, 4) is 0 Å². The van der Waals surface area contributed by atoms with Gasteiger partial charge in [-0.3, -0.25) is 0 Å². The molecule has 0 atom stereocenters. The monoisotopic (exact) mass is 248 g/mol. The van der Waals surface area contributed by atoms with Crippen LogP contribution in [0.5, 0.6) is 0 Å². The predicted molar refractivity (Wildman–Crippen MR) is 67.2 cm³/mol. The number of anilines is 1.